The van der Waals surface area contributed by atoms with E-state index < -0.39 is 0 Å². The van der Waals surface area contributed by atoms with Gasteiger partial charge >= 0.3 is 0 Å². The van der Waals surface area contributed by atoms with Gasteiger partial charge in [-0.05, 0) is 71.9 Å². The number of rotatable bonds is 13. The molecule has 0 spiro atoms. The van der Waals surface area contributed by atoms with Gasteiger partial charge in [0.05, 0.1) is 0 Å². The fourth-order valence-electron chi connectivity index (χ4n) is 7.14. The average molecular weight is 607 g/mol. The molecule has 0 saturated heterocycles. The molecule has 0 heterocycles. The highest BCUT2D eigenvalue weighted by Gasteiger charge is 2.29. The van der Waals surface area contributed by atoms with Crippen molar-refractivity contribution in [2.24, 2.45) is 11.8 Å². The van der Waals surface area contributed by atoms with Crippen molar-refractivity contribution in [3.8, 4) is 0 Å². The molecule has 6 rings (SSSR count). The van der Waals surface area contributed by atoms with E-state index in [2.05, 4.69) is 131 Å². The summed E-state index contributed by atoms with van der Waals surface area (Å²) in [6, 6.07) is 52.9. The molecule has 5 aromatic carbocycles. The Bertz CT molecular complexity index is 1500. The summed E-state index contributed by atoms with van der Waals surface area (Å²) in [4.78, 5) is 18.9. The number of nitrogens with zero attached hydrogens (tertiary/aromatic N) is 2. The van der Waals surface area contributed by atoms with Crippen LogP contribution in [0.1, 0.15) is 64.2 Å². The van der Waals surface area contributed by atoms with Crippen LogP contribution in [0.5, 0.6) is 0 Å². The molecule has 0 aromatic heterocycles. The molecule has 0 radical (unpaired) electrons. The molecule has 1 amide bonds. The maximum absolute atomic E-state index is 14.1. The molecular weight excluding hydrogens is 560 g/mol. The molecule has 0 atom stereocenters. The van der Waals surface area contributed by atoms with Gasteiger partial charge in [-0.1, -0.05) is 140 Å². The van der Waals surface area contributed by atoms with Gasteiger partial charge in [-0.25, -0.2) is 0 Å². The Kier molecular flexibility index (Phi) is 11.1. The number of carbonyl (C=O) groups excluding carboxylic acids is 1. The molecule has 1 fully saturated rings. The van der Waals surface area contributed by atoms with E-state index in [0.717, 1.165) is 44.6 Å². The molecule has 0 aliphatic heterocycles. The number of benzene rings is 5. The fourth-order valence-corrected chi connectivity index (χ4v) is 7.14. The maximum atomic E-state index is 14.1. The lowest BCUT2D eigenvalue weighted by Crippen LogP contribution is -2.40. The lowest BCUT2D eigenvalue weighted by atomic mass is 9.81. The van der Waals surface area contributed by atoms with Gasteiger partial charge in [0.25, 0.3) is 5.91 Å². The molecule has 3 heteroatoms. The molecule has 1 aliphatic carbocycles. The van der Waals surface area contributed by atoms with Crippen molar-refractivity contribution in [2.75, 3.05) is 19.6 Å². The minimum Gasteiger partial charge on any atom is -0.337 e. The van der Waals surface area contributed by atoms with Gasteiger partial charge in [0.15, 0.2) is 0 Å². The van der Waals surface area contributed by atoms with Crippen LogP contribution < -0.4 is 0 Å². The van der Waals surface area contributed by atoms with Gasteiger partial charge < -0.3 is 4.90 Å². The van der Waals surface area contributed by atoms with E-state index in [1.165, 1.54) is 35.1 Å². The molecule has 46 heavy (non-hydrogen) atoms. The smallest absolute Gasteiger partial charge is 0.253 e. The van der Waals surface area contributed by atoms with Gasteiger partial charge in [-0.15, -0.1) is 0 Å². The monoisotopic (exact) mass is 606 g/mol. The zero-order chi connectivity index (χ0) is 31.4. The summed E-state index contributed by atoms with van der Waals surface area (Å²) in [7, 11) is 0. The normalized spacial score (nSPS) is 16.4. The first-order valence-electron chi connectivity index (χ1n) is 17.0. The van der Waals surface area contributed by atoms with E-state index in [0.29, 0.717) is 18.4 Å². The van der Waals surface area contributed by atoms with Crippen molar-refractivity contribution in [3.63, 3.8) is 0 Å². The van der Waals surface area contributed by atoms with Gasteiger partial charge in [-0.3, -0.25) is 9.69 Å². The van der Waals surface area contributed by atoms with E-state index in [1.807, 2.05) is 30.3 Å². The first-order valence-corrected chi connectivity index (χ1v) is 17.0. The van der Waals surface area contributed by atoms with Crippen molar-refractivity contribution in [3.05, 3.63) is 179 Å². The summed E-state index contributed by atoms with van der Waals surface area (Å²) in [5, 5.41) is 0. The van der Waals surface area contributed by atoms with Crippen LogP contribution in [0.4, 0.5) is 0 Å². The third-order valence-electron chi connectivity index (χ3n) is 9.57. The number of hydrogen-bond acceptors (Lipinski definition) is 2. The van der Waals surface area contributed by atoms with E-state index >= 15 is 0 Å². The van der Waals surface area contributed by atoms with Crippen molar-refractivity contribution in [2.45, 2.75) is 44.7 Å². The number of amides is 1. The largest absolute Gasteiger partial charge is 0.337 e. The van der Waals surface area contributed by atoms with E-state index in [-0.39, 0.29) is 11.8 Å². The molecule has 3 nitrogen and oxygen atoms in total. The van der Waals surface area contributed by atoms with E-state index in [9.17, 15) is 4.79 Å². The Labute approximate surface area is 275 Å². The second-order valence-electron chi connectivity index (χ2n) is 13.0. The second-order valence-corrected chi connectivity index (χ2v) is 13.0. The lowest BCUT2D eigenvalue weighted by molar-refractivity contribution is 0.0691. The third-order valence-corrected chi connectivity index (χ3v) is 9.57. The predicted molar refractivity (Wildman–Crippen MR) is 190 cm³/mol. The summed E-state index contributed by atoms with van der Waals surface area (Å²) in [5.74, 6) is 1.43. The maximum Gasteiger partial charge on any atom is 0.253 e. The molecule has 0 bridgehead atoms. The predicted octanol–water partition coefficient (Wildman–Crippen LogP) is 9.47. The number of carbonyl (C=O) groups is 1. The lowest BCUT2D eigenvalue weighted by Gasteiger charge is -2.36. The van der Waals surface area contributed by atoms with Crippen molar-refractivity contribution in [1.29, 1.82) is 0 Å². The molecule has 0 N–H and O–H groups in total. The SMILES string of the molecule is O=C(c1ccccc1)N(CC1CCC(CN(Cc2ccccc2)Cc2ccccc2)CC1)CC(c1ccccc1)c1ccccc1. The van der Waals surface area contributed by atoms with Crippen LogP contribution in [0.15, 0.2) is 152 Å². The average Bonchev–Trinajstić information content (AvgIpc) is 3.12. The highest BCUT2D eigenvalue weighted by atomic mass is 16.2. The van der Waals surface area contributed by atoms with Gasteiger partial charge in [0, 0.05) is 44.2 Å². The third kappa shape index (κ3) is 8.83. The summed E-state index contributed by atoms with van der Waals surface area (Å²) < 4.78 is 0. The van der Waals surface area contributed by atoms with Crippen molar-refractivity contribution < 1.29 is 4.79 Å². The van der Waals surface area contributed by atoms with Gasteiger partial charge in [-0.2, -0.15) is 0 Å². The summed E-state index contributed by atoms with van der Waals surface area (Å²) in [5.41, 5.74) is 6.01. The standard InChI is InChI=1S/C43H46N2O/c46-43(41-24-14-5-15-25-41)45(34-42(39-20-10-3-11-21-39)40-22-12-4-13-23-40)33-38-28-26-37(27-29-38)32-44(30-35-16-6-1-7-17-35)31-36-18-8-2-9-19-36/h1-25,37-38,42H,26-34H2. The highest BCUT2D eigenvalue weighted by molar-refractivity contribution is 5.94. The molecule has 5 aromatic rings. The first kappa shape index (κ1) is 31.5. The van der Waals surface area contributed by atoms with Crippen LogP contribution in [0, 0.1) is 11.8 Å². The second kappa shape index (κ2) is 16.2. The molecular formula is C43H46N2O. The highest BCUT2D eigenvalue weighted by Crippen LogP contribution is 2.33. The summed E-state index contributed by atoms with van der Waals surface area (Å²) in [6.45, 7) is 4.51. The topological polar surface area (TPSA) is 23.6 Å². The van der Waals surface area contributed by atoms with Crippen LogP contribution in [0.25, 0.3) is 0 Å². The van der Waals surface area contributed by atoms with Crippen LogP contribution >= 0.6 is 0 Å². The Balaban J connectivity index is 1.15. The Morgan fingerprint density at radius 1 is 0.522 bits per heavy atom. The number of hydrogen-bond donors (Lipinski definition) is 0. The Morgan fingerprint density at radius 3 is 1.37 bits per heavy atom. The summed E-state index contributed by atoms with van der Waals surface area (Å²) >= 11 is 0. The van der Waals surface area contributed by atoms with E-state index in [1.54, 1.807) is 0 Å². The van der Waals surface area contributed by atoms with Crippen LogP contribution in [0.2, 0.25) is 0 Å². The van der Waals surface area contributed by atoms with Crippen LogP contribution in [-0.2, 0) is 13.1 Å². The Morgan fingerprint density at radius 2 is 0.913 bits per heavy atom. The fraction of sp³-hybridized carbons (Fsp3) is 0.279. The molecule has 234 valence electrons. The Hall–Kier alpha value is -4.47. The van der Waals surface area contributed by atoms with Crippen LogP contribution in [0.3, 0.4) is 0 Å². The molecule has 0 unspecified atom stereocenters. The molecule has 1 aliphatic rings. The minimum atomic E-state index is 0.121. The van der Waals surface area contributed by atoms with Crippen molar-refractivity contribution in [1.82, 2.24) is 9.80 Å². The zero-order valence-corrected chi connectivity index (χ0v) is 26.8. The quantitative estimate of drug-likeness (QED) is 0.133. The summed E-state index contributed by atoms with van der Waals surface area (Å²) in [6.07, 6.45) is 4.74. The van der Waals surface area contributed by atoms with Crippen LogP contribution in [-0.4, -0.2) is 35.3 Å². The van der Waals surface area contributed by atoms with Crippen molar-refractivity contribution >= 4 is 5.91 Å². The molecule has 1 saturated carbocycles. The van der Waals surface area contributed by atoms with E-state index in [4.69, 9.17) is 0 Å². The first-order chi connectivity index (χ1) is 22.7. The minimum absolute atomic E-state index is 0.121. The zero-order valence-electron chi connectivity index (χ0n) is 26.8. The van der Waals surface area contributed by atoms with Gasteiger partial charge in [0.1, 0.15) is 0 Å². The van der Waals surface area contributed by atoms with Gasteiger partial charge in [0.2, 0.25) is 0 Å².